The van der Waals surface area contributed by atoms with Crippen molar-refractivity contribution in [1.29, 1.82) is 0 Å². The van der Waals surface area contributed by atoms with E-state index in [2.05, 4.69) is 4.99 Å². The zero-order chi connectivity index (χ0) is 18.1. The lowest BCUT2D eigenvalue weighted by atomic mass is 10.0. The van der Waals surface area contributed by atoms with Crippen molar-refractivity contribution < 1.29 is 13.6 Å². The summed E-state index contributed by atoms with van der Waals surface area (Å²) in [6.45, 7) is 1.31. The third-order valence-corrected chi connectivity index (χ3v) is 5.27. The molecule has 26 heavy (non-hydrogen) atoms. The monoisotopic (exact) mass is 370 g/mol. The third-order valence-electron chi connectivity index (χ3n) is 4.21. The van der Waals surface area contributed by atoms with Crippen LogP contribution in [0.2, 0.25) is 0 Å². The summed E-state index contributed by atoms with van der Waals surface area (Å²) in [6, 6.07) is 10.4. The highest BCUT2D eigenvalue weighted by Gasteiger charge is 2.16. The number of nitrogens with zero attached hydrogens (tertiary/aromatic N) is 2. The summed E-state index contributed by atoms with van der Waals surface area (Å²) in [5.74, 6) is -0.262. The number of aryl methyl sites for hydroxylation is 1. The predicted molar refractivity (Wildman–Crippen MR) is 99.7 cm³/mol. The van der Waals surface area contributed by atoms with Crippen molar-refractivity contribution in [2.45, 2.75) is 13.0 Å². The van der Waals surface area contributed by atoms with Crippen LogP contribution in [-0.2, 0) is 6.54 Å². The maximum Gasteiger partial charge on any atom is 0.419 e. The molecule has 0 amide bonds. The summed E-state index contributed by atoms with van der Waals surface area (Å²) in [5, 5.41) is 1.05. The summed E-state index contributed by atoms with van der Waals surface area (Å²) in [7, 11) is 0. The van der Waals surface area contributed by atoms with Crippen molar-refractivity contribution >= 4 is 33.7 Å². The molecule has 0 saturated carbocycles. The first-order chi connectivity index (χ1) is 12.6. The van der Waals surface area contributed by atoms with Gasteiger partial charge in [0.15, 0.2) is 11.4 Å². The number of hydrogen-bond acceptors (Lipinski definition) is 5. The first-order valence-corrected chi connectivity index (χ1v) is 9.20. The van der Waals surface area contributed by atoms with E-state index < -0.39 is 11.6 Å². The molecule has 2 aromatic carbocycles. The Bertz CT molecular complexity index is 1080. The van der Waals surface area contributed by atoms with Gasteiger partial charge in [-0.05, 0) is 30.3 Å². The quantitative estimate of drug-likeness (QED) is 0.645. The molecule has 0 aliphatic carbocycles. The van der Waals surface area contributed by atoms with Gasteiger partial charge in [-0.3, -0.25) is 14.4 Å². The van der Waals surface area contributed by atoms with Crippen molar-refractivity contribution in [2.75, 3.05) is 12.3 Å². The molecule has 5 nitrogen and oxygen atoms in total. The second-order valence-corrected chi connectivity index (χ2v) is 7.08. The SMILES string of the molecule is O=C(c1cccc(F)c1)c1ccc2c(c1)oc(=O)n2CCC1=NCCS1. The Balaban J connectivity index is 1.64. The molecule has 0 saturated heterocycles. The minimum absolute atomic E-state index is 0.252. The summed E-state index contributed by atoms with van der Waals surface area (Å²) in [4.78, 5) is 29.1. The molecule has 0 atom stereocenters. The molecule has 0 fully saturated rings. The number of aliphatic imine (C=N–C) groups is 1. The second-order valence-electron chi connectivity index (χ2n) is 5.92. The number of oxazole rings is 1. The number of rotatable bonds is 5. The molecule has 132 valence electrons. The summed E-state index contributed by atoms with van der Waals surface area (Å²) >= 11 is 1.71. The van der Waals surface area contributed by atoms with Crippen molar-refractivity contribution in [3.8, 4) is 0 Å². The minimum Gasteiger partial charge on any atom is -0.408 e. The van der Waals surface area contributed by atoms with Gasteiger partial charge >= 0.3 is 5.76 Å². The van der Waals surface area contributed by atoms with Crippen molar-refractivity contribution in [1.82, 2.24) is 4.57 Å². The van der Waals surface area contributed by atoms with E-state index in [4.69, 9.17) is 4.42 Å². The Morgan fingerprint density at radius 2 is 2.08 bits per heavy atom. The van der Waals surface area contributed by atoms with Crippen molar-refractivity contribution in [2.24, 2.45) is 4.99 Å². The molecular weight excluding hydrogens is 355 g/mol. The number of ketones is 1. The number of hydrogen-bond donors (Lipinski definition) is 0. The first-order valence-electron chi connectivity index (χ1n) is 8.21. The molecule has 0 unspecified atom stereocenters. The zero-order valence-corrected chi connectivity index (χ0v) is 14.6. The van der Waals surface area contributed by atoms with Gasteiger partial charge < -0.3 is 4.42 Å². The largest absolute Gasteiger partial charge is 0.419 e. The third kappa shape index (κ3) is 3.22. The molecule has 1 aliphatic rings. The molecule has 0 spiro atoms. The van der Waals surface area contributed by atoms with Crippen LogP contribution in [0.3, 0.4) is 0 Å². The van der Waals surface area contributed by atoms with Crippen LogP contribution in [0, 0.1) is 5.82 Å². The average molecular weight is 370 g/mol. The van der Waals surface area contributed by atoms with Crippen molar-refractivity contribution in [3.63, 3.8) is 0 Å². The first kappa shape index (κ1) is 16.8. The Morgan fingerprint density at radius 1 is 1.23 bits per heavy atom. The fourth-order valence-electron chi connectivity index (χ4n) is 2.95. The van der Waals surface area contributed by atoms with Gasteiger partial charge in [0.1, 0.15) is 5.82 Å². The maximum absolute atomic E-state index is 13.3. The van der Waals surface area contributed by atoms with Gasteiger partial charge in [0.2, 0.25) is 0 Å². The summed E-state index contributed by atoms with van der Waals surface area (Å²) in [6.07, 6.45) is 0.684. The lowest BCUT2D eigenvalue weighted by Gasteiger charge is -2.04. The fourth-order valence-corrected chi connectivity index (χ4v) is 3.79. The highest BCUT2D eigenvalue weighted by molar-refractivity contribution is 8.14. The number of halogens is 1. The van der Waals surface area contributed by atoms with E-state index in [1.54, 1.807) is 34.5 Å². The van der Waals surface area contributed by atoms with Gasteiger partial charge in [-0.2, -0.15) is 0 Å². The van der Waals surface area contributed by atoms with Gasteiger partial charge in [0.25, 0.3) is 0 Å². The molecule has 1 aliphatic heterocycles. The van der Waals surface area contributed by atoms with Crippen LogP contribution >= 0.6 is 11.8 Å². The average Bonchev–Trinajstić information content (AvgIpc) is 3.25. The van der Waals surface area contributed by atoms with E-state index in [9.17, 15) is 14.0 Å². The fraction of sp³-hybridized carbons (Fsp3) is 0.211. The molecule has 7 heteroatoms. The zero-order valence-electron chi connectivity index (χ0n) is 13.8. The van der Waals surface area contributed by atoms with Gasteiger partial charge in [0.05, 0.1) is 10.6 Å². The normalized spacial score (nSPS) is 14.0. The van der Waals surface area contributed by atoms with E-state index in [1.807, 2.05) is 0 Å². The Labute approximate surface area is 152 Å². The van der Waals surface area contributed by atoms with Gasteiger partial charge in [0, 0.05) is 36.4 Å². The molecule has 2 heterocycles. The topological polar surface area (TPSA) is 64.6 Å². The number of aromatic nitrogens is 1. The van der Waals surface area contributed by atoms with Gasteiger partial charge in [-0.15, -0.1) is 11.8 Å². The number of carbonyl (C=O) groups excluding carboxylic acids is 1. The van der Waals surface area contributed by atoms with Gasteiger partial charge in [-0.1, -0.05) is 12.1 Å². The van der Waals surface area contributed by atoms with Crippen LogP contribution in [0.15, 0.2) is 56.7 Å². The van der Waals surface area contributed by atoms with Crippen molar-refractivity contribution in [3.05, 3.63) is 70.0 Å². The van der Waals surface area contributed by atoms with Crippen LogP contribution in [0.5, 0.6) is 0 Å². The lowest BCUT2D eigenvalue weighted by Crippen LogP contribution is -2.15. The van der Waals surface area contributed by atoms with Crippen LogP contribution in [0.4, 0.5) is 4.39 Å². The predicted octanol–water partition coefficient (Wildman–Crippen LogP) is 3.50. The Hall–Kier alpha value is -2.67. The molecule has 1 aromatic heterocycles. The van der Waals surface area contributed by atoms with Crippen LogP contribution in [0.1, 0.15) is 22.3 Å². The van der Waals surface area contributed by atoms with E-state index in [-0.39, 0.29) is 11.3 Å². The molecule has 0 radical (unpaired) electrons. The Morgan fingerprint density at radius 3 is 2.85 bits per heavy atom. The second kappa shape index (κ2) is 6.92. The van der Waals surface area contributed by atoms with Crippen LogP contribution in [-0.4, -0.2) is 27.7 Å². The number of fused-ring (bicyclic) bond motifs is 1. The van der Waals surface area contributed by atoms with Crippen LogP contribution in [0.25, 0.3) is 11.1 Å². The van der Waals surface area contributed by atoms with Gasteiger partial charge in [-0.25, -0.2) is 9.18 Å². The van der Waals surface area contributed by atoms with E-state index in [1.165, 1.54) is 24.3 Å². The lowest BCUT2D eigenvalue weighted by molar-refractivity contribution is 0.103. The maximum atomic E-state index is 13.3. The Kier molecular flexibility index (Phi) is 4.46. The molecule has 0 bridgehead atoms. The van der Waals surface area contributed by atoms with E-state index >= 15 is 0 Å². The molecule has 4 rings (SSSR count). The molecular formula is C19H15FN2O3S. The summed E-state index contributed by atoms with van der Waals surface area (Å²) < 4.78 is 20.2. The minimum atomic E-state index is -0.470. The number of thioether (sulfide) groups is 1. The number of benzene rings is 2. The van der Waals surface area contributed by atoms with E-state index in [0.29, 0.717) is 29.6 Å². The van der Waals surface area contributed by atoms with E-state index in [0.717, 1.165) is 17.3 Å². The highest BCUT2D eigenvalue weighted by Crippen LogP contribution is 2.20. The summed E-state index contributed by atoms with van der Waals surface area (Å²) in [5.41, 5.74) is 1.58. The highest BCUT2D eigenvalue weighted by atomic mass is 32.2. The standard InChI is InChI=1S/C19H15FN2O3S/c20-14-3-1-2-12(10-14)18(23)13-4-5-15-16(11-13)25-19(24)22(15)8-6-17-21-7-9-26-17/h1-5,10-11H,6-9H2. The van der Waals surface area contributed by atoms with Crippen LogP contribution < -0.4 is 5.76 Å². The molecule has 0 N–H and O–H groups in total. The number of carbonyl (C=O) groups is 1. The smallest absolute Gasteiger partial charge is 0.408 e. The molecule has 3 aromatic rings.